The molecule has 0 saturated heterocycles. The normalized spacial score (nSPS) is 14.3. The average molecular weight is 153 g/mol. The van der Waals surface area contributed by atoms with E-state index >= 15 is 0 Å². The number of halogens is 1. The van der Waals surface area contributed by atoms with Gasteiger partial charge < -0.3 is 10.4 Å². The molecule has 1 aromatic carbocycles. The average Bonchev–Trinajstić information content (AvgIpc) is 2.45. The summed E-state index contributed by atoms with van der Waals surface area (Å²) in [6, 6.07) is 3.06. The number of benzene rings is 1. The second kappa shape index (κ2) is 2.12. The molecule has 0 aliphatic carbocycles. The van der Waals surface area contributed by atoms with Crippen molar-refractivity contribution in [2.45, 2.75) is 6.42 Å². The van der Waals surface area contributed by atoms with Gasteiger partial charge in [-0.15, -0.1) is 0 Å². The first-order valence-corrected chi connectivity index (χ1v) is 3.53. The van der Waals surface area contributed by atoms with Gasteiger partial charge in [0.25, 0.3) is 0 Å². The molecule has 0 amide bonds. The van der Waals surface area contributed by atoms with Gasteiger partial charge in [0.05, 0.1) is 0 Å². The first-order chi connectivity index (χ1) is 5.29. The van der Waals surface area contributed by atoms with E-state index in [0.29, 0.717) is 12.0 Å². The maximum absolute atomic E-state index is 13.0. The van der Waals surface area contributed by atoms with E-state index < -0.39 is 5.82 Å². The molecule has 0 unspecified atom stereocenters. The van der Waals surface area contributed by atoms with Crippen molar-refractivity contribution in [3.05, 3.63) is 23.5 Å². The number of hydrogen-bond acceptors (Lipinski definition) is 2. The van der Waals surface area contributed by atoms with Crippen LogP contribution < -0.4 is 5.32 Å². The van der Waals surface area contributed by atoms with Crippen LogP contribution in [0.1, 0.15) is 5.56 Å². The van der Waals surface area contributed by atoms with Crippen molar-refractivity contribution in [3.63, 3.8) is 0 Å². The molecule has 0 aromatic heterocycles. The fourth-order valence-electron chi connectivity index (χ4n) is 1.34. The van der Waals surface area contributed by atoms with Crippen LogP contribution in [0.4, 0.5) is 10.1 Å². The van der Waals surface area contributed by atoms with Gasteiger partial charge in [0.15, 0.2) is 11.6 Å². The molecule has 0 fully saturated rings. The van der Waals surface area contributed by atoms with Crippen molar-refractivity contribution in [1.29, 1.82) is 0 Å². The Morgan fingerprint density at radius 2 is 2.27 bits per heavy atom. The van der Waals surface area contributed by atoms with E-state index in [4.69, 9.17) is 5.11 Å². The third-order valence-corrected chi connectivity index (χ3v) is 1.91. The summed E-state index contributed by atoms with van der Waals surface area (Å²) < 4.78 is 13.0. The highest BCUT2D eigenvalue weighted by Gasteiger charge is 2.16. The van der Waals surface area contributed by atoms with E-state index in [2.05, 4.69) is 5.32 Å². The van der Waals surface area contributed by atoms with Gasteiger partial charge in [-0.3, -0.25) is 0 Å². The summed E-state index contributed by atoms with van der Waals surface area (Å²) in [5.41, 5.74) is 1.41. The van der Waals surface area contributed by atoms with Crippen molar-refractivity contribution in [2.75, 3.05) is 11.9 Å². The number of nitrogens with one attached hydrogen (secondary N) is 1. The van der Waals surface area contributed by atoms with Gasteiger partial charge in [0.1, 0.15) is 0 Å². The number of hydrogen-bond donors (Lipinski definition) is 2. The highest BCUT2D eigenvalue weighted by molar-refractivity contribution is 5.58. The lowest BCUT2D eigenvalue weighted by Gasteiger charge is -2.01. The predicted molar refractivity (Wildman–Crippen MR) is 40.3 cm³/mol. The molecule has 0 atom stereocenters. The number of phenolic OH excluding ortho intramolecular Hbond substituents is 1. The number of phenols is 1. The Morgan fingerprint density at radius 1 is 1.45 bits per heavy atom. The van der Waals surface area contributed by atoms with Crippen molar-refractivity contribution in [1.82, 2.24) is 0 Å². The molecule has 1 aliphatic heterocycles. The van der Waals surface area contributed by atoms with Gasteiger partial charge in [0, 0.05) is 17.8 Å². The molecule has 2 nitrogen and oxygen atoms in total. The zero-order valence-corrected chi connectivity index (χ0v) is 5.89. The zero-order chi connectivity index (χ0) is 7.84. The van der Waals surface area contributed by atoms with Crippen LogP contribution in [0.15, 0.2) is 12.1 Å². The third-order valence-electron chi connectivity index (χ3n) is 1.91. The van der Waals surface area contributed by atoms with Gasteiger partial charge in [-0.25, -0.2) is 4.39 Å². The largest absolute Gasteiger partial charge is 0.505 e. The van der Waals surface area contributed by atoms with Crippen LogP contribution in [0.5, 0.6) is 5.75 Å². The van der Waals surface area contributed by atoms with Gasteiger partial charge in [-0.1, -0.05) is 0 Å². The maximum Gasteiger partial charge on any atom is 0.170 e. The summed E-state index contributed by atoms with van der Waals surface area (Å²) in [6.45, 7) is 0.760. The Hall–Kier alpha value is -1.25. The lowest BCUT2D eigenvalue weighted by Crippen LogP contribution is -1.90. The predicted octanol–water partition coefficient (Wildman–Crippen LogP) is 1.50. The Kier molecular flexibility index (Phi) is 1.24. The van der Waals surface area contributed by atoms with Crippen LogP contribution >= 0.6 is 0 Å². The minimum absolute atomic E-state index is 0.257. The van der Waals surface area contributed by atoms with E-state index in [1.54, 1.807) is 6.07 Å². The second-order valence-corrected chi connectivity index (χ2v) is 2.60. The van der Waals surface area contributed by atoms with E-state index in [0.717, 1.165) is 12.2 Å². The number of aromatic hydroxyl groups is 1. The van der Waals surface area contributed by atoms with Crippen molar-refractivity contribution < 1.29 is 9.50 Å². The molecule has 1 aliphatic rings. The van der Waals surface area contributed by atoms with Crippen molar-refractivity contribution >= 4 is 5.69 Å². The minimum atomic E-state index is -0.479. The van der Waals surface area contributed by atoms with Gasteiger partial charge >= 0.3 is 0 Å². The van der Waals surface area contributed by atoms with Crippen molar-refractivity contribution in [3.8, 4) is 5.75 Å². The number of anilines is 1. The van der Waals surface area contributed by atoms with E-state index in [1.807, 2.05) is 0 Å². The fraction of sp³-hybridized carbons (Fsp3) is 0.250. The molecular formula is C8H8FNO. The SMILES string of the molecule is Oc1ccc2c(c1F)CCN2. The summed E-state index contributed by atoms with van der Waals surface area (Å²) >= 11 is 0. The Bertz CT molecular complexity index is 298. The molecule has 0 saturated carbocycles. The summed E-state index contributed by atoms with van der Waals surface area (Å²) in [7, 11) is 0. The van der Waals surface area contributed by atoms with Crippen LogP contribution in [0.25, 0.3) is 0 Å². The molecule has 0 radical (unpaired) electrons. The van der Waals surface area contributed by atoms with Gasteiger partial charge in [0.2, 0.25) is 0 Å². The zero-order valence-electron chi connectivity index (χ0n) is 5.89. The highest BCUT2D eigenvalue weighted by atomic mass is 19.1. The lowest BCUT2D eigenvalue weighted by atomic mass is 10.1. The molecule has 2 N–H and O–H groups in total. The third kappa shape index (κ3) is 0.843. The Labute approximate surface area is 63.7 Å². The first kappa shape index (κ1) is 6.46. The van der Waals surface area contributed by atoms with Crippen LogP contribution in [-0.4, -0.2) is 11.7 Å². The van der Waals surface area contributed by atoms with Crippen molar-refractivity contribution in [2.24, 2.45) is 0 Å². The summed E-state index contributed by atoms with van der Waals surface area (Å²) in [5, 5.41) is 12.0. The molecule has 58 valence electrons. The first-order valence-electron chi connectivity index (χ1n) is 3.53. The lowest BCUT2D eigenvalue weighted by molar-refractivity contribution is 0.430. The number of fused-ring (bicyclic) bond motifs is 1. The Morgan fingerprint density at radius 3 is 3.09 bits per heavy atom. The second-order valence-electron chi connectivity index (χ2n) is 2.60. The summed E-state index contributed by atoms with van der Waals surface area (Å²) in [4.78, 5) is 0. The molecule has 1 heterocycles. The van der Waals surface area contributed by atoms with Crippen LogP contribution in [0.2, 0.25) is 0 Å². The quantitative estimate of drug-likeness (QED) is 0.553. The molecule has 11 heavy (non-hydrogen) atoms. The molecule has 0 bridgehead atoms. The maximum atomic E-state index is 13.0. The van der Waals surface area contributed by atoms with Crippen LogP contribution in [0, 0.1) is 5.82 Å². The topological polar surface area (TPSA) is 32.3 Å². The molecule has 2 rings (SSSR count). The Balaban J connectivity index is 2.62. The number of rotatable bonds is 0. The van der Waals surface area contributed by atoms with Gasteiger partial charge in [-0.2, -0.15) is 0 Å². The molecule has 0 spiro atoms. The summed E-state index contributed by atoms with van der Waals surface area (Å²) in [6.07, 6.45) is 0.662. The smallest absolute Gasteiger partial charge is 0.170 e. The fourth-order valence-corrected chi connectivity index (χ4v) is 1.34. The van der Waals surface area contributed by atoms with Crippen LogP contribution in [-0.2, 0) is 6.42 Å². The standard InChI is InChI=1S/C8H8FNO/c9-8-5-3-4-10-6(5)1-2-7(8)11/h1-2,10-11H,3-4H2. The molecule has 1 aromatic rings. The highest BCUT2D eigenvalue weighted by Crippen LogP contribution is 2.29. The van der Waals surface area contributed by atoms with E-state index in [9.17, 15) is 4.39 Å². The van der Waals surface area contributed by atoms with Crippen LogP contribution in [0.3, 0.4) is 0 Å². The van der Waals surface area contributed by atoms with E-state index in [-0.39, 0.29) is 5.75 Å². The minimum Gasteiger partial charge on any atom is -0.505 e. The van der Waals surface area contributed by atoms with Gasteiger partial charge in [-0.05, 0) is 18.6 Å². The summed E-state index contributed by atoms with van der Waals surface area (Å²) in [5.74, 6) is -0.736. The molecular weight excluding hydrogens is 145 g/mol. The monoisotopic (exact) mass is 153 g/mol. The molecule has 3 heteroatoms. The van der Waals surface area contributed by atoms with E-state index in [1.165, 1.54) is 6.07 Å².